The number of urea groups is 1. The van der Waals surface area contributed by atoms with E-state index in [2.05, 4.69) is 17.6 Å². The number of nitrogens with zero attached hydrogens (tertiary/aromatic N) is 1. The van der Waals surface area contributed by atoms with Crippen molar-refractivity contribution in [3.8, 4) is 11.8 Å². The molecule has 1 atom stereocenters. The average molecular weight is 309 g/mol. The van der Waals surface area contributed by atoms with Gasteiger partial charge in [0.1, 0.15) is 5.75 Å². The molecule has 0 aliphatic carbocycles. The molecular weight excluding hydrogens is 290 g/mol. The molecule has 5 heteroatoms. The third-order valence-electron chi connectivity index (χ3n) is 3.25. The summed E-state index contributed by atoms with van der Waals surface area (Å²) >= 11 is 0. The molecule has 0 bridgehead atoms. The second-order valence-corrected chi connectivity index (χ2v) is 5.14. The van der Waals surface area contributed by atoms with Crippen LogP contribution >= 0.6 is 0 Å². The fraction of sp³-hybridized carbons (Fsp3) is 0.222. The predicted molar refractivity (Wildman–Crippen MR) is 90.6 cm³/mol. The molecule has 5 nitrogen and oxygen atoms in total. The van der Waals surface area contributed by atoms with Crippen LogP contribution in [0.1, 0.15) is 25.8 Å². The fourth-order valence-electron chi connectivity index (χ4n) is 1.92. The van der Waals surface area contributed by atoms with Crippen LogP contribution in [0.5, 0.6) is 5.75 Å². The molecule has 2 aromatic carbocycles. The molecule has 0 aliphatic heterocycles. The number of rotatable bonds is 5. The Morgan fingerprint density at radius 3 is 2.48 bits per heavy atom. The lowest BCUT2D eigenvalue weighted by molar-refractivity contribution is 0.217. The van der Waals surface area contributed by atoms with Gasteiger partial charge in [-0.25, -0.2) is 4.79 Å². The number of benzene rings is 2. The largest absolute Gasteiger partial charge is 0.491 e. The maximum Gasteiger partial charge on any atom is 0.323 e. The maximum absolute atomic E-state index is 12.0. The van der Waals surface area contributed by atoms with Crippen molar-refractivity contribution in [2.45, 2.75) is 26.4 Å². The number of amides is 2. The second kappa shape index (κ2) is 7.85. The van der Waals surface area contributed by atoms with Gasteiger partial charge >= 0.3 is 6.03 Å². The lowest BCUT2D eigenvalue weighted by atomic mass is 10.2. The van der Waals surface area contributed by atoms with Crippen LogP contribution in [0, 0.1) is 11.3 Å². The smallest absolute Gasteiger partial charge is 0.323 e. The molecule has 2 aromatic rings. The van der Waals surface area contributed by atoms with Crippen molar-refractivity contribution in [1.82, 2.24) is 0 Å². The van der Waals surface area contributed by atoms with Gasteiger partial charge in [-0.2, -0.15) is 5.26 Å². The number of carbonyl (C=O) groups excluding carboxylic acids is 1. The van der Waals surface area contributed by atoms with Gasteiger partial charge in [0.25, 0.3) is 0 Å². The molecular formula is C18H19N3O2. The van der Waals surface area contributed by atoms with Crippen LogP contribution in [-0.2, 0) is 0 Å². The minimum atomic E-state index is -0.374. The van der Waals surface area contributed by atoms with Crippen LogP contribution in [0.25, 0.3) is 0 Å². The number of hydrogen-bond donors (Lipinski definition) is 2. The van der Waals surface area contributed by atoms with E-state index < -0.39 is 0 Å². The van der Waals surface area contributed by atoms with E-state index in [9.17, 15) is 4.79 Å². The minimum Gasteiger partial charge on any atom is -0.491 e. The third kappa shape index (κ3) is 5.04. The Kier molecular flexibility index (Phi) is 5.59. The van der Waals surface area contributed by atoms with Crippen LogP contribution < -0.4 is 15.4 Å². The first-order valence-corrected chi connectivity index (χ1v) is 7.45. The quantitative estimate of drug-likeness (QED) is 0.860. The van der Waals surface area contributed by atoms with Gasteiger partial charge in [0.2, 0.25) is 0 Å². The van der Waals surface area contributed by atoms with Gasteiger partial charge in [-0.15, -0.1) is 0 Å². The third-order valence-corrected chi connectivity index (χ3v) is 3.25. The standard InChI is InChI=1S/C18H19N3O2/c1-3-13(2)23-17-9-5-8-16(11-17)21-18(22)20-15-7-4-6-14(10-15)12-19/h4-11,13H,3H2,1-2H3,(H2,20,21,22). The maximum atomic E-state index is 12.0. The first-order chi connectivity index (χ1) is 11.1. The summed E-state index contributed by atoms with van der Waals surface area (Å²) in [4.78, 5) is 12.0. The van der Waals surface area contributed by atoms with E-state index in [-0.39, 0.29) is 12.1 Å². The van der Waals surface area contributed by atoms with Gasteiger partial charge < -0.3 is 15.4 Å². The number of anilines is 2. The van der Waals surface area contributed by atoms with Crippen molar-refractivity contribution < 1.29 is 9.53 Å². The molecule has 0 aliphatic rings. The van der Waals surface area contributed by atoms with E-state index in [1.165, 1.54) is 0 Å². The zero-order valence-corrected chi connectivity index (χ0v) is 13.2. The second-order valence-electron chi connectivity index (χ2n) is 5.14. The number of ether oxygens (including phenoxy) is 1. The van der Waals surface area contributed by atoms with Crippen molar-refractivity contribution in [2.75, 3.05) is 10.6 Å². The predicted octanol–water partition coefficient (Wildman–Crippen LogP) is 4.38. The van der Waals surface area contributed by atoms with Gasteiger partial charge in [0.05, 0.1) is 17.7 Å². The first-order valence-electron chi connectivity index (χ1n) is 7.45. The molecule has 0 radical (unpaired) electrons. The Hall–Kier alpha value is -3.00. The fourth-order valence-corrected chi connectivity index (χ4v) is 1.92. The Labute approximate surface area is 135 Å². The Bertz CT molecular complexity index is 722. The van der Waals surface area contributed by atoms with E-state index in [1.807, 2.05) is 25.1 Å². The van der Waals surface area contributed by atoms with Gasteiger partial charge in [-0.05, 0) is 43.7 Å². The van der Waals surface area contributed by atoms with E-state index in [4.69, 9.17) is 10.00 Å². The summed E-state index contributed by atoms with van der Waals surface area (Å²) in [7, 11) is 0. The highest BCUT2D eigenvalue weighted by atomic mass is 16.5. The average Bonchev–Trinajstić information content (AvgIpc) is 2.55. The van der Waals surface area contributed by atoms with Crippen molar-refractivity contribution in [3.63, 3.8) is 0 Å². The molecule has 2 amide bonds. The number of nitrogens with one attached hydrogen (secondary N) is 2. The summed E-state index contributed by atoms with van der Waals surface area (Å²) in [6, 6.07) is 15.6. The van der Waals surface area contributed by atoms with Gasteiger partial charge in [-0.3, -0.25) is 0 Å². The first kappa shape index (κ1) is 16.4. The SMILES string of the molecule is CCC(C)Oc1cccc(NC(=O)Nc2cccc(C#N)c2)c1. The van der Waals surface area contributed by atoms with E-state index >= 15 is 0 Å². The lowest BCUT2D eigenvalue weighted by Crippen LogP contribution is -2.19. The highest BCUT2D eigenvalue weighted by molar-refractivity contribution is 5.99. The summed E-state index contributed by atoms with van der Waals surface area (Å²) in [5.74, 6) is 0.712. The molecule has 2 N–H and O–H groups in total. The molecule has 0 heterocycles. The zero-order chi connectivity index (χ0) is 16.7. The summed E-state index contributed by atoms with van der Waals surface area (Å²) in [5.41, 5.74) is 1.69. The Morgan fingerprint density at radius 1 is 1.17 bits per heavy atom. The van der Waals surface area contributed by atoms with E-state index in [1.54, 1.807) is 36.4 Å². The van der Waals surface area contributed by atoms with Crippen LogP contribution in [0.3, 0.4) is 0 Å². The van der Waals surface area contributed by atoms with Crippen molar-refractivity contribution >= 4 is 17.4 Å². The summed E-state index contributed by atoms with van der Waals surface area (Å²) in [6.07, 6.45) is 1.03. The number of hydrogen-bond acceptors (Lipinski definition) is 3. The van der Waals surface area contributed by atoms with Gasteiger partial charge in [0, 0.05) is 17.4 Å². The highest BCUT2D eigenvalue weighted by Crippen LogP contribution is 2.19. The van der Waals surface area contributed by atoms with Crippen molar-refractivity contribution in [2.24, 2.45) is 0 Å². The van der Waals surface area contributed by atoms with Crippen molar-refractivity contribution in [1.29, 1.82) is 5.26 Å². The van der Waals surface area contributed by atoms with Gasteiger partial charge in [0.15, 0.2) is 0 Å². The molecule has 23 heavy (non-hydrogen) atoms. The summed E-state index contributed by atoms with van der Waals surface area (Å²) < 4.78 is 5.73. The van der Waals surface area contributed by atoms with Gasteiger partial charge in [-0.1, -0.05) is 19.1 Å². The minimum absolute atomic E-state index is 0.118. The van der Waals surface area contributed by atoms with Crippen molar-refractivity contribution in [3.05, 3.63) is 54.1 Å². The van der Waals surface area contributed by atoms with Crippen LogP contribution in [0.2, 0.25) is 0 Å². The highest BCUT2D eigenvalue weighted by Gasteiger charge is 2.06. The lowest BCUT2D eigenvalue weighted by Gasteiger charge is -2.14. The summed E-state index contributed by atoms with van der Waals surface area (Å²) in [6.45, 7) is 4.05. The normalized spacial score (nSPS) is 11.2. The molecule has 0 saturated carbocycles. The van der Waals surface area contributed by atoms with Crippen LogP contribution in [0.4, 0.5) is 16.2 Å². The number of nitriles is 1. The molecule has 0 fully saturated rings. The van der Waals surface area contributed by atoms with E-state index in [0.29, 0.717) is 22.7 Å². The van der Waals surface area contributed by atoms with Crippen LogP contribution in [0.15, 0.2) is 48.5 Å². The van der Waals surface area contributed by atoms with Crippen LogP contribution in [-0.4, -0.2) is 12.1 Å². The molecule has 0 spiro atoms. The monoisotopic (exact) mass is 309 g/mol. The molecule has 2 rings (SSSR count). The zero-order valence-electron chi connectivity index (χ0n) is 13.2. The molecule has 0 aromatic heterocycles. The molecule has 118 valence electrons. The summed E-state index contributed by atoms with van der Waals surface area (Å²) in [5, 5.41) is 14.3. The Balaban J connectivity index is 2.00. The topological polar surface area (TPSA) is 74.2 Å². The molecule has 1 unspecified atom stereocenters. The number of carbonyl (C=O) groups is 1. The Morgan fingerprint density at radius 2 is 1.83 bits per heavy atom. The van der Waals surface area contributed by atoms with E-state index in [0.717, 1.165) is 6.42 Å². The molecule has 0 saturated heterocycles.